The summed E-state index contributed by atoms with van der Waals surface area (Å²) in [6, 6.07) is 0. The number of hydrogen-bond acceptors (Lipinski definition) is 2. The van der Waals surface area contributed by atoms with Gasteiger partial charge < -0.3 is 0 Å². The Morgan fingerprint density at radius 1 is 1.14 bits per heavy atom. The van der Waals surface area contributed by atoms with Gasteiger partial charge >= 0.3 is 0 Å². The molecule has 2 heteroatoms. The van der Waals surface area contributed by atoms with E-state index in [0.717, 1.165) is 6.42 Å². The Hall–Kier alpha value is -1.18. The zero-order chi connectivity index (χ0) is 10.8. The fourth-order valence-corrected chi connectivity index (χ4v) is 1.26. The number of rotatable bonds is 2. The lowest BCUT2D eigenvalue weighted by molar-refractivity contribution is -0.114. The second-order valence-corrected chi connectivity index (χ2v) is 4.83. The van der Waals surface area contributed by atoms with Gasteiger partial charge in [0.15, 0.2) is 11.6 Å². The molecule has 0 aromatic carbocycles. The third-order valence-corrected chi connectivity index (χ3v) is 2.18. The number of carbonyl (C=O) groups excluding carboxylic acids is 2. The summed E-state index contributed by atoms with van der Waals surface area (Å²) >= 11 is 0. The Kier molecular flexibility index (Phi) is 3.04. The number of carbonyl (C=O) groups is 2. The topological polar surface area (TPSA) is 34.1 Å². The molecule has 0 amide bonds. The second-order valence-electron chi connectivity index (χ2n) is 4.83. The van der Waals surface area contributed by atoms with Crippen LogP contribution in [-0.4, -0.2) is 11.6 Å². The summed E-state index contributed by atoms with van der Waals surface area (Å²) in [5, 5.41) is 0. The maximum Gasteiger partial charge on any atom is 0.182 e. The molecule has 2 nitrogen and oxygen atoms in total. The molecule has 1 rings (SSSR count). The fraction of sp³-hybridized carbons (Fsp3) is 0.500. The van der Waals surface area contributed by atoms with E-state index in [1.165, 1.54) is 18.2 Å². The number of allylic oxidation sites excluding steroid dienone is 4. The summed E-state index contributed by atoms with van der Waals surface area (Å²) in [4.78, 5) is 22.4. The fourth-order valence-electron chi connectivity index (χ4n) is 1.26. The quantitative estimate of drug-likeness (QED) is 0.630. The summed E-state index contributed by atoms with van der Waals surface area (Å²) in [5.41, 5.74) is 0.845. The minimum Gasteiger partial charge on any atom is -0.290 e. The molecule has 0 atom stereocenters. The van der Waals surface area contributed by atoms with Crippen molar-refractivity contribution in [2.45, 2.75) is 33.6 Å². The van der Waals surface area contributed by atoms with Crippen LogP contribution in [0.4, 0.5) is 0 Å². The molecule has 0 saturated heterocycles. The van der Waals surface area contributed by atoms with Crippen molar-refractivity contribution in [3.05, 3.63) is 23.8 Å². The number of ketones is 2. The van der Waals surface area contributed by atoms with E-state index in [4.69, 9.17) is 0 Å². The van der Waals surface area contributed by atoms with Gasteiger partial charge in [0, 0.05) is 5.57 Å². The lowest BCUT2D eigenvalue weighted by Crippen LogP contribution is -2.11. The van der Waals surface area contributed by atoms with E-state index in [1.54, 1.807) is 0 Å². The molecule has 0 fully saturated rings. The van der Waals surface area contributed by atoms with Gasteiger partial charge in [-0.05, 0) is 36.5 Å². The van der Waals surface area contributed by atoms with Gasteiger partial charge in [0.1, 0.15) is 0 Å². The van der Waals surface area contributed by atoms with Gasteiger partial charge in [0.05, 0.1) is 0 Å². The standard InChI is InChI=1S/C12H16O2/c1-12(2,3)7-6-9-8-10(13)4-5-11(9)14/h4-5,8H,6-7H2,1-3H3. The molecule has 14 heavy (non-hydrogen) atoms. The highest BCUT2D eigenvalue weighted by Crippen LogP contribution is 2.24. The van der Waals surface area contributed by atoms with Gasteiger partial charge in [0.2, 0.25) is 0 Å². The van der Waals surface area contributed by atoms with Crippen molar-refractivity contribution >= 4 is 11.6 Å². The first-order valence-electron chi connectivity index (χ1n) is 4.85. The maximum absolute atomic E-state index is 11.3. The lowest BCUT2D eigenvalue weighted by Gasteiger charge is -2.18. The monoisotopic (exact) mass is 192 g/mol. The first kappa shape index (κ1) is 10.9. The SMILES string of the molecule is CC(C)(C)CCC1=CC(=O)C=CC1=O. The third-order valence-electron chi connectivity index (χ3n) is 2.18. The van der Waals surface area contributed by atoms with Gasteiger partial charge in [-0.1, -0.05) is 20.8 Å². The zero-order valence-corrected chi connectivity index (χ0v) is 8.96. The van der Waals surface area contributed by atoms with Crippen LogP contribution >= 0.6 is 0 Å². The van der Waals surface area contributed by atoms with E-state index in [-0.39, 0.29) is 17.0 Å². The van der Waals surface area contributed by atoms with Crippen molar-refractivity contribution < 1.29 is 9.59 Å². The van der Waals surface area contributed by atoms with Crippen molar-refractivity contribution in [3.8, 4) is 0 Å². The molecule has 0 aromatic heterocycles. The average Bonchev–Trinajstić information content (AvgIpc) is 2.05. The molecule has 0 aliphatic heterocycles. The van der Waals surface area contributed by atoms with Gasteiger partial charge in [-0.15, -0.1) is 0 Å². The molecule has 76 valence electrons. The number of hydrogen-bond donors (Lipinski definition) is 0. The van der Waals surface area contributed by atoms with Crippen LogP contribution in [0.25, 0.3) is 0 Å². The molecule has 1 aliphatic carbocycles. The van der Waals surface area contributed by atoms with E-state index >= 15 is 0 Å². The van der Waals surface area contributed by atoms with Crippen molar-refractivity contribution in [2.24, 2.45) is 5.41 Å². The van der Waals surface area contributed by atoms with Crippen LogP contribution in [0, 0.1) is 5.41 Å². The van der Waals surface area contributed by atoms with Crippen LogP contribution in [0.1, 0.15) is 33.6 Å². The van der Waals surface area contributed by atoms with E-state index < -0.39 is 0 Å². The normalized spacial score (nSPS) is 17.2. The Labute approximate surface area is 84.7 Å². The largest absolute Gasteiger partial charge is 0.290 e. The third kappa shape index (κ3) is 3.29. The second kappa shape index (κ2) is 3.91. The molecule has 0 saturated carbocycles. The van der Waals surface area contributed by atoms with Crippen LogP contribution in [0.15, 0.2) is 23.8 Å². The van der Waals surface area contributed by atoms with Gasteiger partial charge in [0.25, 0.3) is 0 Å². The Morgan fingerprint density at radius 3 is 2.36 bits per heavy atom. The first-order chi connectivity index (χ1) is 6.38. The van der Waals surface area contributed by atoms with Crippen molar-refractivity contribution in [2.75, 3.05) is 0 Å². The van der Waals surface area contributed by atoms with Gasteiger partial charge in [-0.25, -0.2) is 0 Å². The highest BCUT2D eigenvalue weighted by atomic mass is 16.1. The van der Waals surface area contributed by atoms with Crippen LogP contribution in [-0.2, 0) is 9.59 Å². The summed E-state index contributed by atoms with van der Waals surface area (Å²) < 4.78 is 0. The highest BCUT2D eigenvalue weighted by molar-refractivity contribution is 6.17. The Bertz CT molecular complexity index is 314. The van der Waals surface area contributed by atoms with E-state index in [1.807, 2.05) is 0 Å². The molecule has 0 heterocycles. The average molecular weight is 192 g/mol. The molecule has 0 N–H and O–H groups in total. The van der Waals surface area contributed by atoms with Crippen molar-refractivity contribution in [1.29, 1.82) is 0 Å². The van der Waals surface area contributed by atoms with E-state index in [2.05, 4.69) is 20.8 Å². The predicted octanol–water partition coefficient (Wildman–Crippen LogP) is 2.45. The zero-order valence-electron chi connectivity index (χ0n) is 8.96. The Balaban J connectivity index is 2.61. The molecular weight excluding hydrogens is 176 g/mol. The van der Waals surface area contributed by atoms with Crippen LogP contribution in [0.5, 0.6) is 0 Å². The van der Waals surface area contributed by atoms with E-state index in [0.29, 0.717) is 12.0 Å². The minimum atomic E-state index is -0.0755. The predicted molar refractivity (Wildman–Crippen MR) is 55.9 cm³/mol. The summed E-state index contributed by atoms with van der Waals surface area (Å²) in [6.45, 7) is 6.37. The molecular formula is C12H16O2. The molecule has 0 aromatic rings. The minimum absolute atomic E-state index is 0.0196. The smallest absolute Gasteiger partial charge is 0.182 e. The van der Waals surface area contributed by atoms with Crippen LogP contribution in [0.2, 0.25) is 0 Å². The summed E-state index contributed by atoms with van der Waals surface area (Å²) in [7, 11) is 0. The van der Waals surface area contributed by atoms with Crippen molar-refractivity contribution in [1.82, 2.24) is 0 Å². The lowest BCUT2D eigenvalue weighted by atomic mass is 9.86. The molecule has 0 spiro atoms. The first-order valence-corrected chi connectivity index (χ1v) is 4.85. The Morgan fingerprint density at radius 2 is 1.79 bits per heavy atom. The van der Waals surface area contributed by atoms with Crippen molar-refractivity contribution in [3.63, 3.8) is 0 Å². The summed E-state index contributed by atoms with van der Waals surface area (Å²) in [5.74, 6) is -0.0950. The molecule has 0 bridgehead atoms. The molecule has 1 aliphatic rings. The van der Waals surface area contributed by atoms with Gasteiger partial charge in [-0.2, -0.15) is 0 Å². The summed E-state index contributed by atoms with van der Waals surface area (Å²) in [6.07, 6.45) is 5.75. The van der Waals surface area contributed by atoms with Crippen LogP contribution in [0.3, 0.4) is 0 Å². The molecule has 0 unspecified atom stereocenters. The van der Waals surface area contributed by atoms with Gasteiger partial charge in [-0.3, -0.25) is 9.59 Å². The van der Waals surface area contributed by atoms with E-state index in [9.17, 15) is 9.59 Å². The molecule has 0 radical (unpaired) electrons. The van der Waals surface area contributed by atoms with Crippen LogP contribution < -0.4 is 0 Å². The highest BCUT2D eigenvalue weighted by Gasteiger charge is 2.16. The maximum atomic E-state index is 11.3.